The number of imidazole rings is 1. The van der Waals surface area contributed by atoms with Crippen molar-refractivity contribution in [1.82, 2.24) is 19.9 Å². The van der Waals surface area contributed by atoms with Crippen LogP contribution in [0.2, 0.25) is 5.02 Å². The Morgan fingerprint density at radius 1 is 1.24 bits per heavy atom. The van der Waals surface area contributed by atoms with Gasteiger partial charge in [-0.25, -0.2) is 4.98 Å². The molecular formula is C27H30ClN5O4. The highest BCUT2D eigenvalue weighted by Crippen LogP contribution is 2.29. The molecule has 2 aromatic carbocycles. The van der Waals surface area contributed by atoms with Gasteiger partial charge in [-0.15, -0.1) is 0 Å². The van der Waals surface area contributed by atoms with E-state index in [1.165, 1.54) is 0 Å². The van der Waals surface area contributed by atoms with E-state index in [2.05, 4.69) is 20.2 Å². The molecule has 2 aromatic heterocycles. The Labute approximate surface area is 219 Å². The van der Waals surface area contributed by atoms with E-state index < -0.39 is 6.10 Å². The maximum absolute atomic E-state index is 12.8. The van der Waals surface area contributed by atoms with E-state index in [4.69, 9.17) is 26.1 Å². The largest absolute Gasteiger partial charge is 0.492 e. The molecule has 4 aromatic rings. The second kappa shape index (κ2) is 11.4. The molecule has 3 heterocycles. The standard InChI is InChI=1S/C27H30ClN5O4/c1-17-13-20(37-12-9-33-7-10-36-11-8-33)15-22-25(17)32-26(31-22)24-21(5-6-29-27(24)35)30-16-23(34)18-3-2-4-19(28)14-18/h2-6,13-15,23,34H,7-12,16H2,1H3,(H,31,32)(H2,29,30,35)/t23-/m1/s1. The van der Waals surface area contributed by atoms with Crippen LogP contribution in [0, 0.1) is 6.92 Å². The predicted octanol–water partition coefficient (Wildman–Crippen LogP) is 3.74. The molecule has 1 fully saturated rings. The number of rotatable bonds is 9. The minimum absolute atomic E-state index is 0.192. The quantitative estimate of drug-likeness (QED) is 0.264. The van der Waals surface area contributed by atoms with Gasteiger partial charge in [0.2, 0.25) is 0 Å². The molecule has 1 atom stereocenters. The van der Waals surface area contributed by atoms with Crippen molar-refractivity contribution in [2.75, 3.05) is 51.3 Å². The summed E-state index contributed by atoms with van der Waals surface area (Å²) in [7, 11) is 0. The van der Waals surface area contributed by atoms with Crippen LogP contribution in [-0.2, 0) is 4.74 Å². The normalized spacial score (nSPS) is 15.1. The molecule has 0 bridgehead atoms. The molecule has 1 aliphatic rings. The molecule has 4 N–H and O–H groups in total. The van der Waals surface area contributed by atoms with Crippen molar-refractivity contribution in [3.8, 4) is 17.1 Å². The summed E-state index contributed by atoms with van der Waals surface area (Å²) in [4.78, 5) is 25.9. The zero-order valence-electron chi connectivity index (χ0n) is 20.6. The molecule has 0 spiro atoms. The van der Waals surface area contributed by atoms with Crippen molar-refractivity contribution in [2.24, 2.45) is 0 Å². The summed E-state index contributed by atoms with van der Waals surface area (Å²) in [6, 6.07) is 12.7. The Hall–Kier alpha value is -3.37. The Morgan fingerprint density at radius 3 is 2.89 bits per heavy atom. The molecule has 37 heavy (non-hydrogen) atoms. The van der Waals surface area contributed by atoms with Gasteiger partial charge in [0.05, 0.1) is 36.0 Å². The van der Waals surface area contributed by atoms with Gasteiger partial charge in [0, 0.05) is 43.5 Å². The number of ether oxygens (including phenoxy) is 2. The summed E-state index contributed by atoms with van der Waals surface area (Å²) in [5, 5.41) is 14.4. The van der Waals surface area contributed by atoms with Gasteiger partial charge in [0.25, 0.3) is 5.56 Å². The molecule has 1 aliphatic heterocycles. The summed E-state index contributed by atoms with van der Waals surface area (Å²) in [6.07, 6.45) is 0.759. The van der Waals surface area contributed by atoms with Crippen molar-refractivity contribution >= 4 is 28.3 Å². The summed E-state index contributed by atoms with van der Waals surface area (Å²) < 4.78 is 11.4. The number of benzene rings is 2. The molecular weight excluding hydrogens is 494 g/mol. The van der Waals surface area contributed by atoms with Crippen LogP contribution < -0.4 is 15.6 Å². The molecule has 0 aliphatic carbocycles. The van der Waals surface area contributed by atoms with E-state index in [9.17, 15) is 9.90 Å². The number of pyridine rings is 1. The highest BCUT2D eigenvalue weighted by Gasteiger charge is 2.17. The number of H-pyrrole nitrogens is 2. The van der Waals surface area contributed by atoms with E-state index in [-0.39, 0.29) is 12.1 Å². The first-order valence-corrected chi connectivity index (χ1v) is 12.7. The lowest BCUT2D eigenvalue weighted by atomic mass is 10.1. The Kier molecular flexibility index (Phi) is 7.76. The lowest BCUT2D eigenvalue weighted by molar-refractivity contribution is 0.0322. The number of nitrogens with one attached hydrogen (secondary N) is 3. The smallest absolute Gasteiger partial charge is 0.261 e. The van der Waals surface area contributed by atoms with E-state index >= 15 is 0 Å². The first-order chi connectivity index (χ1) is 18.0. The van der Waals surface area contributed by atoms with Crippen LogP contribution in [0.3, 0.4) is 0 Å². The summed E-state index contributed by atoms with van der Waals surface area (Å²) in [5.74, 6) is 1.18. The number of aliphatic hydroxyl groups excluding tert-OH is 1. The number of aryl methyl sites for hydroxylation is 1. The van der Waals surface area contributed by atoms with Gasteiger partial charge in [-0.05, 0) is 42.3 Å². The molecule has 9 nitrogen and oxygen atoms in total. The number of fused-ring (bicyclic) bond motifs is 1. The first-order valence-electron chi connectivity index (χ1n) is 12.3. The third-order valence-corrected chi connectivity index (χ3v) is 6.68. The van der Waals surface area contributed by atoms with E-state index in [0.29, 0.717) is 34.3 Å². The third kappa shape index (κ3) is 5.97. The van der Waals surface area contributed by atoms with Crippen LogP contribution in [0.5, 0.6) is 5.75 Å². The second-order valence-electron chi connectivity index (χ2n) is 9.07. The molecule has 0 saturated carbocycles. The molecule has 1 saturated heterocycles. The van der Waals surface area contributed by atoms with Crippen molar-refractivity contribution in [3.05, 3.63) is 75.2 Å². The number of aromatic amines is 2. The van der Waals surface area contributed by atoms with Gasteiger partial charge >= 0.3 is 0 Å². The van der Waals surface area contributed by atoms with Crippen LogP contribution in [-0.4, -0.2) is 71.0 Å². The van der Waals surface area contributed by atoms with Crippen molar-refractivity contribution in [3.63, 3.8) is 0 Å². The fourth-order valence-corrected chi connectivity index (χ4v) is 4.67. The van der Waals surface area contributed by atoms with Crippen LogP contribution in [0.4, 0.5) is 5.69 Å². The molecule has 0 amide bonds. The number of aromatic nitrogens is 3. The van der Waals surface area contributed by atoms with Crippen molar-refractivity contribution < 1.29 is 14.6 Å². The molecule has 5 rings (SSSR count). The topological polar surface area (TPSA) is 115 Å². The molecule has 10 heteroatoms. The minimum Gasteiger partial charge on any atom is -0.492 e. The zero-order valence-corrected chi connectivity index (χ0v) is 21.3. The number of nitrogens with zero attached hydrogens (tertiary/aromatic N) is 2. The zero-order chi connectivity index (χ0) is 25.8. The fraction of sp³-hybridized carbons (Fsp3) is 0.333. The van der Waals surface area contributed by atoms with E-state index in [1.807, 2.05) is 19.1 Å². The Balaban J connectivity index is 1.34. The number of hydrogen-bond donors (Lipinski definition) is 4. The van der Waals surface area contributed by atoms with Crippen LogP contribution in [0.1, 0.15) is 17.2 Å². The Morgan fingerprint density at radius 2 is 2.08 bits per heavy atom. The van der Waals surface area contributed by atoms with E-state index in [1.54, 1.807) is 36.5 Å². The van der Waals surface area contributed by atoms with Gasteiger partial charge in [0.15, 0.2) is 0 Å². The number of hydrogen-bond acceptors (Lipinski definition) is 7. The van der Waals surface area contributed by atoms with E-state index in [0.717, 1.165) is 55.2 Å². The maximum atomic E-state index is 12.8. The van der Waals surface area contributed by atoms with Crippen LogP contribution in [0.15, 0.2) is 53.5 Å². The third-order valence-electron chi connectivity index (χ3n) is 6.45. The lowest BCUT2D eigenvalue weighted by Gasteiger charge is -2.26. The average Bonchev–Trinajstić information content (AvgIpc) is 3.32. The molecule has 0 radical (unpaired) electrons. The fourth-order valence-electron chi connectivity index (χ4n) is 4.48. The van der Waals surface area contributed by atoms with Crippen molar-refractivity contribution in [2.45, 2.75) is 13.0 Å². The maximum Gasteiger partial charge on any atom is 0.261 e. The van der Waals surface area contributed by atoms with Gasteiger partial charge in [0.1, 0.15) is 23.7 Å². The highest BCUT2D eigenvalue weighted by molar-refractivity contribution is 6.30. The predicted molar refractivity (Wildman–Crippen MR) is 145 cm³/mol. The summed E-state index contributed by atoms with van der Waals surface area (Å²) in [5.41, 5.74) is 3.82. The summed E-state index contributed by atoms with van der Waals surface area (Å²) >= 11 is 6.05. The highest BCUT2D eigenvalue weighted by atomic mass is 35.5. The number of halogens is 1. The van der Waals surface area contributed by atoms with Crippen LogP contribution in [0.25, 0.3) is 22.4 Å². The average molecular weight is 524 g/mol. The van der Waals surface area contributed by atoms with Gasteiger partial charge < -0.3 is 29.9 Å². The monoisotopic (exact) mass is 523 g/mol. The van der Waals surface area contributed by atoms with Gasteiger partial charge in [-0.1, -0.05) is 23.7 Å². The SMILES string of the molecule is Cc1cc(OCCN2CCOCC2)cc2[nH]c(-c3c(NC[C@@H](O)c4cccc(Cl)c4)cc[nH]c3=O)nc12. The van der Waals surface area contributed by atoms with Crippen LogP contribution >= 0.6 is 11.6 Å². The lowest BCUT2D eigenvalue weighted by Crippen LogP contribution is -2.38. The van der Waals surface area contributed by atoms with Gasteiger partial charge in [-0.2, -0.15) is 0 Å². The van der Waals surface area contributed by atoms with Crippen molar-refractivity contribution in [1.29, 1.82) is 0 Å². The Bertz CT molecular complexity index is 1430. The number of aliphatic hydroxyl groups is 1. The molecule has 194 valence electrons. The second-order valence-corrected chi connectivity index (χ2v) is 9.51. The number of morpholine rings is 1. The molecule has 0 unspecified atom stereocenters. The summed E-state index contributed by atoms with van der Waals surface area (Å²) in [6.45, 7) is 6.94. The first kappa shape index (κ1) is 25.3. The van der Waals surface area contributed by atoms with Gasteiger partial charge in [-0.3, -0.25) is 9.69 Å². The number of anilines is 1. The minimum atomic E-state index is -0.805.